The highest BCUT2D eigenvalue weighted by Crippen LogP contribution is 2.38. The summed E-state index contributed by atoms with van der Waals surface area (Å²) in [4.78, 5) is 40.2. The molecule has 87 heavy (non-hydrogen) atoms. The van der Waals surface area contributed by atoms with Crippen LogP contribution in [0.25, 0.3) is 0 Å². The molecule has 0 saturated heterocycles. The van der Waals surface area contributed by atoms with E-state index in [1.165, 1.54) is 231 Å². The minimum Gasteiger partial charge on any atom is -0.756 e. The van der Waals surface area contributed by atoms with E-state index in [2.05, 4.69) is 86.8 Å². The lowest BCUT2D eigenvalue weighted by atomic mass is 10.0. The van der Waals surface area contributed by atoms with Crippen LogP contribution in [0.4, 0.5) is 0 Å². The average Bonchev–Trinajstić information content (AvgIpc) is 3.70. The molecule has 0 bridgehead atoms. The van der Waals surface area contributed by atoms with Gasteiger partial charge in [-0.1, -0.05) is 312 Å². The zero-order chi connectivity index (χ0) is 63.5. The lowest BCUT2D eigenvalue weighted by Gasteiger charge is -2.30. The number of hydrogen-bond acceptors (Lipinski definition) is 7. The van der Waals surface area contributed by atoms with Crippen LogP contribution in [-0.2, 0) is 27.9 Å². The van der Waals surface area contributed by atoms with Gasteiger partial charge in [0.05, 0.1) is 33.8 Å². The first kappa shape index (κ1) is 84.5. The fraction of sp³-hybridized carbons (Fsp3) is 0.818. The number of likely N-dealkylation sites (N-methyl/N-ethyl adjacent to an activating group) is 1. The third-order valence-electron chi connectivity index (χ3n) is 16.6. The van der Waals surface area contributed by atoms with Crippen LogP contribution in [0, 0.1) is 0 Å². The van der Waals surface area contributed by atoms with E-state index in [4.69, 9.17) is 13.8 Å². The summed E-state index contributed by atoms with van der Waals surface area (Å²) in [5.74, 6) is -0.542. The molecule has 0 rings (SSSR count). The van der Waals surface area contributed by atoms with Crippen molar-refractivity contribution in [3.63, 3.8) is 0 Å². The van der Waals surface area contributed by atoms with E-state index >= 15 is 0 Å². The number of quaternary nitrogens is 1. The number of hydrogen-bond donors (Lipinski definition) is 1. The summed E-state index contributed by atoms with van der Waals surface area (Å²) in [7, 11) is 1.18. The molecule has 1 amide bonds. The first-order valence-electron chi connectivity index (χ1n) is 37.2. The number of ether oxygens (including phenoxy) is 1. The second kappa shape index (κ2) is 66.4. The van der Waals surface area contributed by atoms with E-state index in [0.29, 0.717) is 17.4 Å². The third-order valence-corrected chi connectivity index (χ3v) is 17.6. The predicted octanol–water partition coefficient (Wildman–Crippen LogP) is 23.3. The van der Waals surface area contributed by atoms with Gasteiger partial charge in [0.1, 0.15) is 19.3 Å². The van der Waals surface area contributed by atoms with E-state index in [9.17, 15) is 19.0 Å². The van der Waals surface area contributed by atoms with Crippen molar-refractivity contribution in [1.82, 2.24) is 5.32 Å². The normalized spacial score (nSPS) is 13.9. The molecule has 3 unspecified atom stereocenters. The summed E-state index contributed by atoms with van der Waals surface area (Å²) < 4.78 is 30.5. The summed E-state index contributed by atoms with van der Waals surface area (Å²) in [6.07, 6.45) is 87.5. The van der Waals surface area contributed by atoms with Gasteiger partial charge in [0.25, 0.3) is 7.82 Å². The Bertz CT molecular complexity index is 1720. The van der Waals surface area contributed by atoms with E-state index in [1.807, 2.05) is 33.3 Å². The Balaban J connectivity index is 4.97. The smallest absolute Gasteiger partial charge is 0.306 e. The van der Waals surface area contributed by atoms with E-state index in [-0.39, 0.29) is 24.9 Å². The SMILES string of the molecule is CCCCC/C=C\C/C=C\C/C=C\C/C=C\CCCCCCCCCC(=O)NC(COP(=O)([O-])OCC[N+](C)(C)C)C(/C=C/CCCCCCCCCCC)OC(=O)CCCCCCCCCCCCCCCCCCC/C=C/CCCCCCCC. The zero-order valence-corrected chi connectivity index (χ0v) is 59.1. The number of carbonyl (C=O) groups is 2. The Labute approximate surface area is 540 Å². The quantitative estimate of drug-likeness (QED) is 0.0212. The number of allylic oxidation sites excluding steroid dienone is 11. The summed E-state index contributed by atoms with van der Waals surface area (Å²) in [6, 6.07) is -0.897. The number of phosphoric ester groups is 1. The molecule has 0 saturated carbocycles. The predicted molar refractivity (Wildman–Crippen MR) is 376 cm³/mol. The summed E-state index contributed by atoms with van der Waals surface area (Å²) in [5, 5.41) is 3.04. The van der Waals surface area contributed by atoms with Gasteiger partial charge in [-0.05, 0) is 102 Å². The van der Waals surface area contributed by atoms with Crippen molar-refractivity contribution in [2.24, 2.45) is 0 Å². The monoisotopic (exact) mass is 1240 g/mol. The van der Waals surface area contributed by atoms with Gasteiger partial charge >= 0.3 is 5.97 Å². The van der Waals surface area contributed by atoms with Gasteiger partial charge < -0.3 is 28.5 Å². The van der Waals surface area contributed by atoms with Crippen LogP contribution in [0.15, 0.2) is 72.9 Å². The number of unbranched alkanes of at least 4 members (excludes halogenated alkanes) is 42. The maximum absolute atomic E-state index is 13.6. The van der Waals surface area contributed by atoms with E-state index in [1.54, 1.807) is 0 Å². The van der Waals surface area contributed by atoms with Crippen molar-refractivity contribution in [3.8, 4) is 0 Å². The lowest BCUT2D eigenvalue weighted by Crippen LogP contribution is -2.47. The fourth-order valence-corrected chi connectivity index (χ4v) is 11.6. The molecule has 0 aliphatic heterocycles. The lowest BCUT2D eigenvalue weighted by molar-refractivity contribution is -0.870. The van der Waals surface area contributed by atoms with E-state index in [0.717, 1.165) is 89.9 Å². The molecule has 1 N–H and O–H groups in total. The molecule has 0 aromatic rings. The number of nitrogens with one attached hydrogen (secondary N) is 1. The first-order chi connectivity index (χ1) is 42.4. The Morgan fingerprint density at radius 2 is 0.701 bits per heavy atom. The number of phosphoric acid groups is 1. The molecular formula is C77H143N2O7P. The van der Waals surface area contributed by atoms with Gasteiger partial charge in [-0.15, -0.1) is 0 Å². The van der Waals surface area contributed by atoms with Crippen LogP contribution in [0.3, 0.4) is 0 Å². The molecule has 0 aliphatic carbocycles. The van der Waals surface area contributed by atoms with Crippen LogP contribution in [0.5, 0.6) is 0 Å². The molecule has 0 aromatic carbocycles. The number of nitrogens with zero attached hydrogens (tertiary/aromatic N) is 1. The molecule has 3 atom stereocenters. The minimum atomic E-state index is -4.71. The molecule has 0 aliphatic rings. The van der Waals surface area contributed by atoms with Crippen LogP contribution in [-0.4, -0.2) is 69.4 Å². The molecule has 10 heteroatoms. The fourth-order valence-electron chi connectivity index (χ4n) is 10.9. The maximum Gasteiger partial charge on any atom is 0.306 e. The summed E-state index contributed by atoms with van der Waals surface area (Å²) in [6.45, 7) is 6.84. The molecular weight excluding hydrogens is 1100 g/mol. The zero-order valence-electron chi connectivity index (χ0n) is 58.2. The number of amides is 1. The van der Waals surface area contributed by atoms with Crippen LogP contribution < -0.4 is 10.2 Å². The second-order valence-electron chi connectivity index (χ2n) is 26.4. The molecule has 508 valence electrons. The van der Waals surface area contributed by atoms with Gasteiger partial charge in [-0.2, -0.15) is 0 Å². The Morgan fingerprint density at radius 3 is 1.08 bits per heavy atom. The van der Waals surface area contributed by atoms with Gasteiger partial charge in [0, 0.05) is 12.8 Å². The van der Waals surface area contributed by atoms with Gasteiger partial charge in [0.2, 0.25) is 5.91 Å². The minimum absolute atomic E-state index is 0.0256. The van der Waals surface area contributed by atoms with Gasteiger partial charge in [0.15, 0.2) is 0 Å². The molecule has 0 fully saturated rings. The summed E-state index contributed by atoms with van der Waals surface area (Å²) in [5.41, 5.74) is 0. The highest BCUT2D eigenvalue weighted by molar-refractivity contribution is 7.45. The molecule has 9 nitrogen and oxygen atoms in total. The third kappa shape index (κ3) is 67.7. The molecule has 0 heterocycles. The van der Waals surface area contributed by atoms with Crippen LogP contribution in [0.2, 0.25) is 0 Å². The Kier molecular flexibility index (Phi) is 64.4. The van der Waals surface area contributed by atoms with Crippen molar-refractivity contribution in [2.75, 3.05) is 40.9 Å². The maximum atomic E-state index is 13.6. The standard InChI is InChI=1S/C77H143N2O7P/c1-7-10-13-16-19-22-25-27-29-31-33-35-37-38-39-40-42-44-46-48-50-52-55-58-61-64-67-70-77(81)86-75(68-65-62-59-56-53-24-21-18-15-12-9-3)74(73-85-87(82,83)84-72-71-79(4,5)6)78-76(80)69-66-63-60-57-54-51-49-47-45-43-41-36-34-32-30-28-26-23-20-17-14-11-8-2/h20,23,27-30,34,36,43,45,65,68,74-75H,7-19,21-22,24-26,31-33,35,37-42,44,46-64,66-67,69-73H2,1-6H3,(H-,78,80,82,83)/b23-20-,29-27+,30-28-,36-34-,45-43-,68-65+. The molecule has 0 aromatic heterocycles. The Morgan fingerprint density at radius 1 is 0.402 bits per heavy atom. The highest BCUT2D eigenvalue weighted by Gasteiger charge is 2.27. The number of rotatable bonds is 68. The molecule has 0 radical (unpaired) electrons. The van der Waals surface area contributed by atoms with Crippen molar-refractivity contribution in [1.29, 1.82) is 0 Å². The number of carbonyl (C=O) groups excluding carboxylic acids is 2. The van der Waals surface area contributed by atoms with Crippen LogP contribution >= 0.6 is 7.82 Å². The molecule has 0 spiro atoms. The van der Waals surface area contributed by atoms with Gasteiger partial charge in [-0.3, -0.25) is 14.2 Å². The van der Waals surface area contributed by atoms with Crippen molar-refractivity contribution >= 4 is 19.7 Å². The highest BCUT2D eigenvalue weighted by atomic mass is 31.2. The second-order valence-corrected chi connectivity index (χ2v) is 27.9. The Hall–Kier alpha value is -2.55. The van der Waals surface area contributed by atoms with E-state index < -0.39 is 26.6 Å². The number of esters is 1. The van der Waals surface area contributed by atoms with Crippen LogP contribution in [0.1, 0.15) is 355 Å². The van der Waals surface area contributed by atoms with Crippen molar-refractivity contribution in [3.05, 3.63) is 72.9 Å². The van der Waals surface area contributed by atoms with Crippen molar-refractivity contribution < 1.29 is 37.3 Å². The topological polar surface area (TPSA) is 114 Å². The van der Waals surface area contributed by atoms with Gasteiger partial charge in [-0.25, -0.2) is 0 Å². The average molecular weight is 1240 g/mol. The summed E-state index contributed by atoms with van der Waals surface area (Å²) >= 11 is 0. The first-order valence-corrected chi connectivity index (χ1v) is 38.7. The largest absolute Gasteiger partial charge is 0.756 e. The van der Waals surface area contributed by atoms with Crippen molar-refractivity contribution in [2.45, 2.75) is 367 Å².